The van der Waals surface area contributed by atoms with Crippen molar-refractivity contribution >= 4 is 11.5 Å². The molecule has 20 heavy (non-hydrogen) atoms. The number of methoxy groups -OCH3 is 1. The molecule has 0 aliphatic carbocycles. The summed E-state index contributed by atoms with van der Waals surface area (Å²) in [4.78, 5) is 20.7. The largest absolute Gasteiger partial charge is 0.476 e. The van der Waals surface area contributed by atoms with E-state index >= 15 is 0 Å². The highest BCUT2D eigenvalue weighted by Crippen LogP contribution is 2.32. The van der Waals surface area contributed by atoms with Crippen molar-refractivity contribution in [3.8, 4) is 5.88 Å². The third kappa shape index (κ3) is 2.96. The van der Waals surface area contributed by atoms with Crippen molar-refractivity contribution in [2.75, 3.05) is 26.0 Å². The van der Waals surface area contributed by atoms with Gasteiger partial charge in [0.2, 0.25) is 5.82 Å². The summed E-state index contributed by atoms with van der Waals surface area (Å²) in [5.74, 6) is 0.206. The van der Waals surface area contributed by atoms with Crippen LogP contribution in [0.25, 0.3) is 0 Å². The van der Waals surface area contributed by atoms with E-state index in [-0.39, 0.29) is 23.4 Å². The fourth-order valence-corrected chi connectivity index (χ4v) is 2.40. The molecule has 1 aliphatic heterocycles. The summed E-state index contributed by atoms with van der Waals surface area (Å²) in [5, 5.41) is 14.3. The molecular weight excluding hydrogens is 262 g/mol. The van der Waals surface area contributed by atoms with Gasteiger partial charge in [-0.15, -0.1) is 0 Å². The second kappa shape index (κ2) is 6.00. The van der Waals surface area contributed by atoms with Gasteiger partial charge in [-0.3, -0.25) is 10.1 Å². The summed E-state index contributed by atoms with van der Waals surface area (Å²) in [6.07, 6.45) is 3.11. The molecule has 1 aromatic heterocycles. The van der Waals surface area contributed by atoms with E-state index in [0.29, 0.717) is 6.04 Å². The summed E-state index contributed by atoms with van der Waals surface area (Å²) >= 11 is 0. The minimum atomic E-state index is -0.514. The van der Waals surface area contributed by atoms with Crippen LogP contribution in [-0.2, 0) is 0 Å². The van der Waals surface area contributed by atoms with Crippen LogP contribution in [0.2, 0.25) is 0 Å². The van der Waals surface area contributed by atoms with Crippen LogP contribution >= 0.6 is 0 Å². The van der Waals surface area contributed by atoms with E-state index in [1.165, 1.54) is 13.4 Å². The monoisotopic (exact) mass is 281 g/mol. The van der Waals surface area contributed by atoms with Gasteiger partial charge in [-0.2, -0.15) is 4.98 Å². The van der Waals surface area contributed by atoms with Crippen molar-refractivity contribution in [2.45, 2.75) is 31.8 Å². The Morgan fingerprint density at radius 2 is 2.30 bits per heavy atom. The van der Waals surface area contributed by atoms with Gasteiger partial charge in [-0.1, -0.05) is 0 Å². The van der Waals surface area contributed by atoms with Crippen LogP contribution in [0, 0.1) is 10.1 Å². The minimum Gasteiger partial charge on any atom is -0.476 e. The van der Waals surface area contributed by atoms with Gasteiger partial charge in [-0.25, -0.2) is 4.98 Å². The molecule has 0 radical (unpaired) electrons. The van der Waals surface area contributed by atoms with Crippen molar-refractivity contribution in [1.29, 1.82) is 0 Å². The number of nitrogens with one attached hydrogen (secondary N) is 1. The molecule has 0 amide bonds. The van der Waals surface area contributed by atoms with Crippen LogP contribution < -0.4 is 10.1 Å². The summed E-state index contributed by atoms with van der Waals surface area (Å²) in [6, 6.07) is 0.601. The normalized spacial score (nSPS) is 23.4. The van der Waals surface area contributed by atoms with E-state index < -0.39 is 4.92 Å². The van der Waals surface area contributed by atoms with Crippen molar-refractivity contribution < 1.29 is 9.66 Å². The first kappa shape index (κ1) is 14.4. The zero-order valence-electron chi connectivity index (χ0n) is 11.9. The average Bonchev–Trinajstić information content (AvgIpc) is 2.42. The lowest BCUT2D eigenvalue weighted by atomic mass is 9.99. The summed E-state index contributed by atoms with van der Waals surface area (Å²) in [7, 11) is 3.44. The van der Waals surface area contributed by atoms with Gasteiger partial charge < -0.3 is 15.0 Å². The van der Waals surface area contributed by atoms with Crippen molar-refractivity contribution in [1.82, 2.24) is 14.9 Å². The molecule has 0 bridgehead atoms. The summed E-state index contributed by atoms with van der Waals surface area (Å²) in [5.41, 5.74) is -0.207. The van der Waals surface area contributed by atoms with Crippen molar-refractivity contribution in [3.05, 3.63) is 16.4 Å². The predicted octanol–water partition coefficient (Wildman–Crippen LogP) is 1.29. The fraction of sp³-hybridized carbons (Fsp3) is 0.667. The highest BCUT2D eigenvalue weighted by molar-refractivity contribution is 5.61. The van der Waals surface area contributed by atoms with E-state index in [2.05, 4.69) is 34.2 Å². The smallest absolute Gasteiger partial charge is 0.372 e. The SMILES string of the molecule is COc1ncnc(NC2CCN(C)C(C)C2)c1[N+](=O)[O-]. The van der Waals surface area contributed by atoms with Crippen LogP contribution in [-0.4, -0.2) is 52.6 Å². The lowest BCUT2D eigenvalue weighted by Crippen LogP contribution is -2.42. The first-order chi connectivity index (χ1) is 9.52. The number of rotatable bonds is 4. The van der Waals surface area contributed by atoms with E-state index in [0.717, 1.165) is 19.4 Å². The molecule has 0 aromatic carbocycles. The summed E-state index contributed by atoms with van der Waals surface area (Å²) in [6.45, 7) is 3.09. The molecule has 8 heteroatoms. The molecule has 110 valence electrons. The van der Waals surface area contributed by atoms with Gasteiger partial charge in [0.1, 0.15) is 6.33 Å². The Hall–Kier alpha value is -1.96. The fourth-order valence-electron chi connectivity index (χ4n) is 2.40. The topological polar surface area (TPSA) is 93.4 Å². The van der Waals surface area contributed by atoms with Crippen LogP contribution in [0.15, 0.2) is 6.33 Å². The minimum absolute atomic E-state index is 0.0199. The molecule has 2 unspecified atom stereocenters. The number of nitrogens with zero attached hydrogens (tertiary/aromatic N) is 4. The Balaban J connectivity index is 2.19. The molecule has 2 rings (SSSR count). The van der Waals surface area contributed by atoms with Crippen LogP contribution in [0.5, 0.6) is 5.88 Å². The molecule has 2 atom stereocenters. The molecule has 0 saturated carbocycles. The molecule has 1 saturated heterocycles. The second-order valence-corrected chi connectivity index (χ2v) is 5.03. The number of hydrogen-bond donors (Lipinski definition) is 1. The van der Waals surface area contributed by atoms with Gasteiger partial charge >= 0.3 is 5.69 Å². The standard InChI is InChI=1S/C12H19N5O3/c1-8-6-9(4-5-16(8)2)15-11-10(17(18)19)12(20-3)14-7-13-11/h7-9H,4-6H2,1-3H3,(H,13,14,15). The molecule has 1 aromatic rings. The maximum atomic E-state index is 11.2. The summed E-state index contributed by atoms with van der Waals surface area (Å²) < 4.78 is 4.93. The van der Waals surface area contributed by atoms with Gasteiger partial charge in [0.05, 0.1) is 12.0 Å². The van der Waals surface area contributed by atoms with Gasteiger partial charge in [0.25, 0.3) is 5.88 Å². The molecule has 2 heterocycles. The number of nitro groups is 1. The lowest BCUT2D eigenvalue weighted by molar-refractivity contribution is -0.385. The number of likely N-dealkylation sites (tertiary alicyclic amines) is 1. The highest BCUT2D eigenvalue weighted by Gasteiger charge is 2.28. The molecule has 0 spiro atoms. The zero-order valence-corrected chi connectivity index (χ0v) is 11.9. The Morgan fingerprint density at radius 1 is 1.55 bits per heavy atom. The Kier molecular flexibility index (Phi) is 4.33. The van der Waals surface area contributed by atoms with Crippen LogP contribution in [0.4, 0.5) is 11.5 Å². The van der Waals surface area contributed by atoms with E-state index in [1.807, 2.05) is 0 Å². The Bertz CT molecular complexity index is 496. The molecule has 1 aliphatic rings. The van der Waals surface area contributed by atoms with Crippen molar-refractivity contribution in [3.63, 3.8) is 0 Å². The maximum Gasteiger partial charge on any atom is 0.372 e. The third-order valence-electron chi connectivity index (χ3n) is 3.71. The molecular formula is C12H19N5O3. The quantitative estimate of drug-likeness (QED) is 0.656. The zero-order chi connectivity index (χ0) is 14.7. The number of ether oxygens (including phenoxy) is 1. The third-order valence-corrected chi connectivity index (χ3v) is 3.71. The number of aromatic nitrogens is 2. The second-order valence-electron chi connectivity index (χ2n) is 5.03. The van der Waals surface area contributed by atoms with Gasteiger partial charge in [0, 0.05) is 18.6 Å². The number of piperidine rings is 1. The first-order valence-electron chi connectivity index (χ1n) is 6.53. The van der Waals surface area contributed by atoms with E-state index in [4.69, 9.17) is 4.74 Å². The van der Waals surface area contributed by atoms with Crippen LogP contribution in [0.3, 0.4) is 0 Å². The molecule has 1 fully saturated rings. The van der Waals surface area contributed by atoms with E-state index in [1.54, 1.807) is 0 Å². The van der Waals surface area contributed by atoms with Crippen molar-refractivity contribution in [2.24, 2.45) is 0 Å². The predicted molar refractivity (Wildman–Crippen MR) is 74.0 cm³/mol. The number of anilines is 1. The number of hydrogen-bond acceptors (Lipinski definition) is 7. The first-order valence-corrected chi connectivity index (χ1v) is 6.53. The van der Waals surface area contributed by atoms with Crippen LogP contribution in [0.1, 0.15) is 19.8 Å². The Morgan fingerprint density at radius 3 is 2.90 bits per heavy atom. The lowest BCUT2D eigenvalue weighted by Gasteiger charge is -2.35. The van der Waals surface area contributed by atoms with Gasteiger partial charge in [0.15, 0.2) is 0 Å². The molecule has 1 N–H and O–H groups in total. The van der Waals surface area contributed by atoms with Gasteiger partial charge in [-0.05, 0) is 26.8 Å². The average molecular weight is 281 g/mol. The Labute approximate surface area is 117 Å². The van der Waals surface area contributed by atoms with E-state index in [9.17, 15) is 10.1 Å². The maximum absolute atomic E-state index is 11.2. The molecule has 8 nitrogen and oxygen atoms in total. The highest BCUT2D eigenvalue weighted by atomic mass is 16.6.